The van der Waals surface area contributed by atoms with Crippen LogP contribution in [0.2, 0.25) is 13.1 Å². The molecule has 0 bridgehead atoms. The summed E-state index contributed by atoms with van der Waals surface area (Å²) in [5, 5.41) is 0. The lowest BCUT2D eigenvalue weighted by atomic mass is 11.8. The van der Waals surface area contributed by atoms with Crippen molar-refractivity contribution in [1.29, 1.82) is 0 Å². The second kappa shape index (κ2) is 2.67. The normalized spacial score (nSPS) is 12.0. The third-order valence-electron chi connectivity index (χ3n) is 0.318. The van der Waals surface area contributed by atoms with Gasteiger partial charge in [-0.25, -0.2) is 0 Å². The van der Waals surface area contributed by atoms with Gasteiger partial charge in [-0.15, -0.1) is 15.3 Å². The molecule has 0 saturated carbocycles. The van der Waals surface area contributed by atoms with Crippen molar-refractivity contribution in [3.63, 3.8) is 0 Å². The molecule has 0 unspecified atom stereocenters. The predicted octanol–water partition coefficient (Wildman–Crippen LogP) is 2.56. The first-order valence-corrected chi connectivity index (χ1v) is 8.80. The molecule has 0 nitrogen and oxygen atoms in total. The number of hydrogen-bond acceptors (Lipinski definition) is 0. The fraction of sp³-hybridized carbons (Fsp3) is 1.00. The highest BCUT2D eigenvalue weighted by molar-refractivity contribution is 14.1. The molecule has 0 aliphatic carbocycles. The molecule has 0 heterocycles. The monoisotopic (exact) mass is 278 g/mol. The van der Waals surface area contributed by atoms with E-state index in [9.17, 15) is 0 Å². The van der Waals surface area contributed by atoms with Crippen LogP contribution in [0.15, 0.2) is 0 Å². The second-order valence-corrected chi connectivity index (χ2v) is 14.3. The maximum Gasteiger partial charge on any atom is 0.133 e. The van der Waals surface area contributed by atoms with Crippen molar-refractivity contribution in [2.24, 2.45) is 0 Å². The zero-order valence-electron chi connectivity index (χ0n) is 3.96. The van der Waals surface area contributed by atoms with Crippen molar-refractivity contribution in [1.82, 2.24) is 0 Å². The highest BCUT2D eigenvalue weighted by Crippen LogP contribution is 2.12. The van der Waals surface area contributed by atoms with Gasteiger partial charge in [-0.05, 0) is 0 Å². The van der Waals surface area contributed by atoms with E-state index in [1.165, 1.54) is 4.05 Å². The SMILES string of the molecule is C[Si](C)(Br)CI. The summed E-state index contributed by atoms with van der Waals surface area (Å²) >= 11 is 6.02. The maximum absolute atomic E-state index is 3.61. The Morgan fingerprint density at radius 2 is 1.83 bits per heavy atom. The first kappa shape index (κ1) is 7.43. The lowest BCUT2D eigenvalue weighted by Crippen LogP contribution is -2.16. The zero-order chi connectivity index (χ0) is 5.21. The predicted molar refractivity (Wildman–Crippen MR) is 45.3 cm³/mol. The molecule has 0 saturated heterocycles. The van der Waals surface area contributed by atoms with Crippen LogP contribution in [0.1, 0.15) is 0 Å². The minimum atomic E-state index is -0.832. The molecule has 0 spiro atoms. The van der Waals surface area contributed by atoms with Gasteiger partial charge in [-0.1, -0.05) is 35.7 Å². The first-order chi connectivity index (χ1) is 2.56. The Morgan fingerprint density at radius 1 is 1.67 bits per heavy atom. The van der Waals surface area contributed by atoms with Gasteiger partial charge in [0.2, 0.25) is 0 Å². The van der Waals surface area contributed by atoms with Crippen LogP contribution in [0.4, 0.5) is 0 Å². The highest BCUT2D eigenvalue weighted by atomic mass is 127. The minimum absolute atomic E-state index is 0.832. The van der Waals surface area contributed by atoms with E-state index in [4.69, 9.17) is 0 Å². The van der Waals surface area contributed by atoms with Gasteiger partial charge in [0.15, 0.2) is 0 Å². The molecule has 0 aliphatic rings. The summed E-state index contributed by atoms with van der Waals surface area (Å²) in [6.07, 6.45) is 0. The van der Waals surface area contributed by atoms with Crippen LogP contribution in [-0.4, -0.2) is 10.7 Å². The Kier molecular flexibility index (Phi) is 3.30. The molecule has 6 heavy (non-hydrogen) atoms. The third kappa shape index (κ3) is 5.43. The first-order valence-electron chi connectivity index (χ1n) is 1.81. The van der Waals surface area contributed by atoms with Crippen molar-refractivity contribution in [2.45, 2.75) is 13.1 Å². The Bertz CT molecular complexity index is 40.5. The Labute approximate surface area is 61.4 Å². The molecule has 0 N–H and O–H groups in total. The van der Waals surface area contributed by atoms with Crippen LogP contribution in [0.25, 0.3) is 0 Å². The highest BCUT2D eigenvalue weighted by Gasteiger charge is 2.11. The molecule has 0 rings (SSSR count). The van der Waals surface area contributed by atoms with Crippen LogP contribution >= 0.6 is 37.9 Å². The minimum Gasteiger partial charge on any atom is -0.126 e. The van der Waals surface area contributed by atoms with E-state index in [0.717, 1.165) is 0 Å². The third-order valence-corrected chi connectivity index (χ3v) is 10.7. The summed E-state index contributed by atoms with van der Waals surface area (Å²) in [6.45, 7) is 3.75. The average Bonchev–Trinajstić information content (AvgIpc) is 1.35. The van der Waals surface area contributed by atoms with Crippen molar-refractivity contribution in [2.75, 3.05) is 4.05 Å². The Morgan fingerprint density at radius 3 is 1.83 bits per heavy atom. The molecule has 0 aromatic heterocycles. The largest absolute Gasteiger partial charge is 0.133 e. The lowest BCUT2D eigenvalue weighted by Gasteiger charge is -2.04. The van der Waals surface area contributed by atoms with E-state index in [1.807, 2.05) is 0 Å². The molecular weight excluding hydrogens is 271 g/mol. The molecule has 0 fully saturated rings. The van der Waals surface area contributed by atoms with Gasteiger partial charge in [0, 0.05) is 4.05 Å². The number of rotatable bonds is 1. The summed E-state index contributed by atoms with van der Waals surface area (Å²) in [5.74, 6) is 0. The molecule has 3 heteroatoms. The van der Waals surface area contributed by atoms with Crippen LogP contribution in [0, 0.1) is 0 Å². The fourth-order valence-corrected chi connectivity index (χ4v) is 0. The van der Waals surface area contributed by atoms with Gasteiger partial charge in [0.05, 0.1) is 0 Å². The van der Waals surface area contributed by atoms with E-state index in [0.29, 0.717) is 0 Å². The van der Waals surface area contributed by atoms with Gasteiger partial charge in [-0.2, -0.15) is 0 Å². The van der Waals surface area contributed by atoms with Crippen molar-refractivity contribution >= 4 is 44.6 Å². The molecule has 38 valence electrons. The molecule has 0 atom stereocenters. The number of halogens is 2. The van der Waals surface area contributed by atoms with Crippen LogP contribution in [-0.2, 0) is 0 Å². The van der Waals surface area contributed by atoms with Gasteiger partial charge in [0.1, 0.15) is 6.69 Å². The van der Waals surface area contributed by atoms with Crippen molar-refractivity contribution < 1.29 is 0 Å². The standard InChI is InChI=1S/C3H8BrISi/c1-6(2,4)3-5/h3H2,1-2H3. The van der Waals surface area contributed by atoms with E-state index in [-0.39, 0.29) is 0 Å². The number of hydrogen-bond donors (Lipinski definition) is 0. The quantitative estimate of drug-likeness (QED) is 0.299. The average molecular weight is 279 g/mol. The van der Waals surface area contributed by atoms with E-state index >= 15 is 0 Å². The molecular formula is C3H8BrISi. The Balaban J connectivity index is 3.17. The molecule has 0 aromatic carbocycles. The molecule has 0 amide bonds. The van der Waals surface area contributed by atoms with Gasteiger partial charge >= 0.3 is 0 Å². The summed E-state index contributed by atoms with van der Waals surface area (Å²) in [4.78, 5) is 0. The van der Waals surface area contributed by atoms with E-state index in [2.05, 4.69) is 51.0 Å². The zero-order valence-corrected chi connectivity index (χ0v) is 8.71. The van der Waals surface area contributed by atoms with E-state index in [1.54, 1.807) is 0 Å². The van der Waals surface area contributed by atoms with Crippen molar-refractivity contribution in [3.8, 4) is 0 Å². The van der Waals surface area contributed by atoms with Crippen LogP contribution in [0.3, 0.4) is 0 Å². The maximum atomic E-state index is 3.61. The summed E-state index contributed by atoms with van der Waals surface area (Å²) in [5.41, 5.74) is 0. The molecule has 0 radical (unpaired) electrons. The topological polar surface area (TPSA) is 0 Å². The lowest BCUT2D eigenvalue weighted by molar-refractivity contribution is 1.88. The van der Waals surface area contributed by atoms with Crippen LogP contribution < -0.4 is 0 Å². The Hall–Kier alpha value is 1.43. The van der Waals surface area contributed by atoms with E-state index < -0.39 is 6.69 Å². The molecule has 0 aromatic rings. The van der Waals surface area contributed by atoms with Gasteiger partial charge in [-0.3, -0.25) is 0 Å². The smallest absolute Gasteiger partial charge is 0.126 e. The number of alkyl halides is 1. The van der Waals surface area contributed by atoms with Gasteiger partial charge < -0.3 is 0 Å². The summed E-state index contributed by atoms with van der Waals surface area (Å²) in [7, 11) is 0. The fourth-order valence-electron chi connectivity index (χ4n) is 0. The van der Waals surface area contributed by atoms with Gasteiger partial charge in [0.25, 0.3) is 0 Å². The second-order valence-electron chi connectivity index (χ2n) is 1.85. The summed E-state index contributed by atoms with van der Waals surface area (Å²) < 4.78 is 1.30. The van der Waals surface area contributed by atoms with Crippen molar-refractivity contribution in [3.05, 3.63) is 0 Å². The van der Waals surface area contributed by atoms with Crippen LogP contribution in [0.5, 0.6) is 0 Å². The molecule has 0 aliphatic heterocycles. The summed E-state index contributed by atoms with van der Waals surface area (Å²) in [6, 6.07) is 0.